The third-order valence-corrected chi connectivity index (χ3v) is 3.85. The molecule has 0 aliphatic carbocycles. The summed E-state index contributed by atoms with van der Waals surface area (Å²) in [6.07, 6.45) is 0. The van der Waals surface area contributed by atoms with Gasteiger partial charge in [-0.1, -0.05) is 0 Å². The molecule has 0 fully saturated rings. The molecule has 0 radical (unpaired) electrons. The minimum absolute atomic E-state index is 0.352. The molecule has 148 valence electrons. The number of oxazole rings is 1. The lowest BCUT2D eigenvalue weighted by molar-refractivity contribution is 0.102. The van der Waals surface area contributed by atoms with Crippen molar-refractivity contribution in [3.05, 3.63) is 46.4 Å². The number of carbonyl (C=O) groups is 1. The van der Waals surface area contributed by atoms with Crippen LogP contribution in [0.5, 0.6) is 17.2 Å². The van der Waals surface area contributed by atoms with Crippen molar-refractivity contribution in [1.82, 2.24) is 4.98 Å². The molecule has 8 nitrogen and oxygen atoms in total. The maximum atomic E-state index is 12.8. The van der Waals surface area contributed by atoms with E-state index in [0.29, 0.717) is 59.4 Å². The maximum Gasteiger partial charge on any atom is 0.417 e. The number of hydrogen-bond donors (Lipinski definition) is 2. The van der Waals surface area contributed by atoms with E-state index >= 15 is 0 Å². The molecule has 0 unspecified atom stereocenters. The number of benzene rings is 2. The first kappa shape index (κ1) is 19.3. The van der Waals surface area contributed by atoms with Crippen molar-refractivity contribution in [2.75, 3.05) is 25.1 Å². The molecule has 0 aliphatic rings. The van der Waals surface area contributed by atoms with E-state index < -0.39 is 5.76 Å². The zero-order valence-electron chi connectivity index (χ0n) is 16.0. The van der Waals surface area contributed by atoms with Crippen LogP contribution < -0.4 is 25.3 Å². The van der Waals surface area contributed by atoms with E-state index in [2.05, 4.69) is 10.3 Å². The summed E-state index contributed by atoms with van der Waals surface area (Å²) in [4.78, 5) is 26.6. The van der Waals surface area contributed by atoms with Crippen molar-refractivity contribution in [1.29, 1.82) is 0 Å². The number of ether oxygens (including phenoxy) is 3. The zero-order valence-corrected chi connectivity index (χ0v) is 16.0. The lowest BCUT2D eigenvalue weighted by atomic mass is 10.1. The topological polar surface area (TPSA) is 103 Å². The van der Waals surface area contributed by atoms with Crippen LogP contribution in [-0.4, -0.2) is 30.7 Å². The van der Waals surface area contributed by atoms with Crippen molar-refractivity contribution >= 4 is 22.7 Å². The van der Waals surface area contributed by atoms with Crippen LogP contribution in [0.2, 0.25) is 0 Å². The molecule has 0 saturated heterocycles. The van der Waals surface area contributed by atoms with Gasteiger partial charge >= 0.3 is 5.76 Å². The Morgan fingerprint density at radius 1 is 1.00 bits per heavy atom. The number of nitrogens with one attached hydrogen (secondary N) is 2. The minimum Gasteiger partial charge on any atom is -0.490 e. The second kappa shape index (κ2) is 8.51. The van der Waals surface area contributed by atoms with Gasteiger partial charge < -0.3 is 23.9 Å². The number of fused-ring (bicyclic) bond motifs is 1. The molecular weight excluding hydrogens is 364 g/mol. The fraction of sp³-hybridized carbons (Fsp3) is 0.300. The quantitative estimate of drug-likeness (QED) is 0.613. The highest BCUT2D eigenvalue weighted by atomic mass is 16.5. The van der Waals surface area contributed by atoms with Crippen LogP contribution in [-0.2, 0) is 0 Å². The van der Waals surface area contributed by atoms with Gasteiger partial charge in [-0.25, -0.2) is 4.79 Å². The minimum atomic E-state index is -0.548. The second-order valence-electron chi connectivity index (χ2n) is 5.78. The van der Waals surface area contributed by atoms with Crippen molar-refractivity contribution in [2.45, 2.75) is 20.8 Å². The normalized spacial score (nSPS) is 10.7. The lowest BCUT2D eigenvalue weighted by Crippen LogP contribution is -2.13. The molecular formula is C20H22N2O6. The van der Waals surface area contributed by atoms with Gasteiger partial charge in [0.05, 0.1) is 25.3 Å². The Morgan fingerprint density at radius 3 is 2.25 bits per heavy atom. The van der Waals surface area contributed by atoms with Gasteiger partial charge in [-0.05, 0) is 51.1 Å². The van der Waals surface area contributed by atoms with Gasteiger partial charge in [0.1, 0.15) is 0 Å². The van der Waals surface area contributed by atoms with Crippen molar-refractivity contribution in [3.63, 3.8) is 0 Å². The van der Waals surface area contributed by atoms with Gasteiger partial charge in [-0.2, -0.15) is 0 Å². The molecule has 0 aliphatic heterocycles. The highest BCUT2D eigenvalue weighted by Gasteiger charge is 2.18. The maximum absolute atomic E-state index is 12.8. The molecule has 0 saturated carbocycles. The Bertz CT molecular complexity index is 1010. The van der Waals surface area contributed by atoms with Gasteiger partial charge in [0.2, 0.25) is 5.75 Å². The lowest BCUT2D eigenvalue weighted by Gasteiger charge is -2.17. The summed E-state index contributed by atoms with van der Waals surface area (Å²) in [7, 11) is 0. The third-order valence-electron chi connectivity index (χ3n) is 3.85. The molecule has 2 N–H and O–H groups in total. The van der Waals surface area contributed by atoms with Gasteiger partial charge in [0.25, 0.3) is 5.91 Å². The molecule has 1 aromatic heterocycles. The first-order chi connectivity index (χ1) is 13.5. The molecule has 0 atom stereocenters. The van der Waals surface area contributed by atoms with Crippen LogP contribution in [0.4, 0.5) is 5.69 Å². The van der Waals surface area contributed by atoms with Crippen LogP contribution >= 0.6 is 0 Å². The largest absolute Gasteiger partial charge is 0.490 e. The zero-order chi connectivity index (χ0) is 20.1. The molecule has 3 aromatic rings. The number of hydrogen-bond acceptors (Lipinski definition) is 6. The number of H-pyrrole nitrogens is 1. The predicted octanol–water partition coefficient (Wildman–Crippen LogP) is 3.57. The molecule has 28 heavy (non-hydrogen) atoms. The first-order valence-corrected chi connectivity index (χ1v) is 9.06. The molecule has 0 bridgehead atoms. The Kier molecular flexibility index (Phi) is 5.88. The number of rotatable bonds is 8. The Labute approximate surface area is 161 Å². The van der Waals surface area contributed by atoms with Crippen molar-refractivity contribution in [3.8, 4) is 17.2 Å². The van der Waals surface area contributed by atoms with E-state index in [9.17, 15) is 9.59 Å². The van der Waals surface area contributed by atoms with Crippen LogP contribution in [0.15, 0.2) is 39.5 Å². The van der Waals surface area contributed by atoms with Crippen LogP contribution in [0, 0.1) is 0 Å². The molecule has 1 amide bonds. The van der Waals surface area contributed by atoms with E-state index in [1.54, 1.807) is 30.3 Å². The average Bonchev–Trinajstić information content (AvgIpc) is 3.03. The van der Waals surface area contributed by atoms with E-state index in [0.717, 1.165) is 0 Å². The number of aromatic amines is 1. The molecule has 3 rings (SSSR count). The average molecular weight is 386 g/mol. The monoisotopic (exact) mass is 386 g/mol. The third kappa shape index (κ3) is 4.11. The van der Waals surface area contributed by atoms with E-state index in [4.69, 9.17) is 18.6 Å². The fourth-order valence-electron chi connectivity index (χ4n) is 2.75. The SMILES string of the molecule is CCOc1cc(C(=O)Nc2ccc3oc(=O)[nH]c3c2)cc(OCC)c1OCC. The van der Waals surface area contributed by atoms with E-state index in [1.165, 1.54) is 0 Å². The first-order valence-electron chi connectivity index (χ1n) is 9.06. The Hall–Kier alpha value is -3.42. The Morgan fingerprint density at radius 2 is 1.64 bits per heavy atom. The van der Waals surface area contributed by atoms with Crippen LogP contribution in [0.25, 0.3) is 11.1 Å². The summed E-state index contributed by atoms with van der Waals surface area (Å²) >= 11 is 0. The highest BCUT2D eigenvalue weighted by molar-refractivity contribution is 6.05. The van der Waals surface area contributed by atoms with Crippen molar-refractivity contribution in [2.24, 2.45) is 0 Å². The number of carbonyl (C=O) groups excluding carboxylic acids is 1. The van der Waals surface area contributed by atoms with Gasteiger partial charge in [-0.3, -0.25) is 9.78 Å². The summed E-state index contributed by atoms with van der Waals surface area (Å²) in [6.45, 7) is 6.84. The number of amides is 1. The van der Waals surface area contributed by atoms with E-state index in [1.807, 2.05) is 20.8 Å². The van der Waals surface area contributed by atoms with Crippen LogP contribution in [0.1, 0.15) is 31.1 Å². The standard InChI is InChI=1S/C20H22N2O6/c1-4-25-16-9-12(10-17(26-5-2)18(16)27-6-3)19(23)21-13-7-8-15-14(11-13)22-20(24)28-15/h7-11H,4-6H2,1-3H3,(H,21,23)(H,22,24). The summed E-state index contributed by atoms with van der Waals surface area (Å²) in [5.74, 6) is 0.452. The fourth-order valence-corrected chi connectivity index (χ4v) is 2.75. The molecule has 2 aromatic carbocycles. The summed E-state index contributed by atoms with van der Waals surface area (Å²) in [5, 5.41) is 2.80. The van der Waals surface area contributed by atoms with Gasteiger partial charge in [0, 0.05) is 11.3 Å². The predicted molar refractivity (Wildman–Crippen MR) is 105 cm³/mol. The Balaban J connectivity index is 1.93. The van der Waals surface area contributed by atoms with Gasteiger partial charge in [-0.15, -0.1) is 0 Å². The van der Waals surface area contributed by atoms with Crippen molar-refractivity contribution < 1.29 is 23.4 Å². The number of aromatic nitrogens is 1. The second-order valence-corrected chi connectivity index (χ2v) is 5.78. The smallest absolute Gasteiger partial charge is 0.417 e. The van der Waals surface area contributed by atoms with Gasteiger partial charge in [0.15, 0.2) is 17.1 Å². The number of anilines is 1. The molecule has 1 heterocycles. The molecule has 0 spiro atoms. The summed E-state index contributed by atoms with van der Waals surface area (Å²) in [5.41, 5.74) is 1.79. The van der Waals surface area contributed by atoms with E-state index in [-0.39, 0.29) is 5.91 Å². The summed E-state index contributed by atoms with van der Waals surface area (Å²) in [6, 6.07) is 8.12. The summed E-state index contributed by atoms with van der Waals surface area (Å²) < 4.78 is 21.9. The highest BCUT2D eigenvalue weighted by Crippen LogP contribution is 2.39. The molecule has 8 heteroatoms. The van der Waals surface area contributed by atoms with Crippen LogP contribution in [0.3, 0.4) is 0 Å².